The van der Waals surface area contributed by atoms with Gasteiger partial charge in [-0.25, -0.2) is 19.6 Å². The Morgan fingerprint density at radius 1 is 0.705 bits per heavy atom. The minimum absolute atomic E-state index is 0.263. The van der Waals surface area contributed by atoms with Gasteiger partial charge in [-0.3, -0.25) is 9.59 Å². The van der Waals surface area contributed by atoms with Crippen molar-refractivity contribution in [3.8, 4) is 22.5 Å². The van der Waals surface area contributed by atoms with Crippen molar-refractivity contribution >= 4 is 45.8 Å². The zero-order valence-electron chi connectivity index (χ0n) is 35.7. The Balaban J connectivity index is 1.16. The highest BCUT2D eigenvalue weighted by molar-refractivity contribution is 6.10. The number of benzene rings is 2. The molecule has 6 atom stereocenters. The Morgan fingerprint density at radius 2 is 1.15 bits per heavy atom. The lowest BCUT2D eigenvalue weighted by molar-refractivity contribution is -0.138. The van der Waals surface area contributed by atoms with Crippen LogP contribution in [0.1, 0.15) is 63.3 Å². The van der Waals surface area contributed by atoms with Crippen LogP contribution in [0, 0.1) is 0 Å². The van der Waals surface area contributed by atoms with E-state index in [2.05, 4.69) is 61.6 Å². The van der Waals surface area contributed by atoms with Crippen molar-refractivity contribution in [1.29, 1.82) is 0 Å². The molecule has 0 radical (unpaired) electrons. The third-order valence-corrected chi connectivity index (χ3v) is 12.0. The number of hydrogen-bond donors (Lipinski definition) is 4. The van der Waals surface area contributed by atoms with Gasteiger partial charge >= 0.3 is 12.2 Å². The van der Waals surface area contributed by atoms with Crippen molar-refractivity contribution in [1.82, 2.24) is 44.9 Å². The second-order valence-corrected chi connectivity index (χ2v) is 15.5. The average molecular weight is 842 g/mol. The maximum Gasteiger partial charge on any atom is 0.407 e. The van der Waals surface area contributed by atoms with E-state index in [0.29, 0.717) is 37.9 Å². The summed E-state index contributed by atoms with van der Waals surface area (Å²) in [4.78, 5) is 71.8. The summed E-state index contributed by atoms with van der Waals surface area (Å²) >= 11 is 0. The SMILES string of the molecule is COCCn1c2cc(-c3cnc([C@@H]4CCCN4C(=O)[C@@H](NC(=O)OC)[C@@H](C)OC)[nH]3)ccc2c2ccc(-c3cnc([C@@H]4CCCN4C(=O)[C@@H](NC(=O)OC)[C@@H](C)OC)[nH]3)cc21. The van der Waals surface area contributed by atoms with E-state index in [4.69, 9.17) is 33.7 Å². The predicted molar refractivity (Wildman–Crippen MR) is 225 cm³/mol. The smallest absolute Gasteiger partial charge is 0.407 e. The van der Waals surface area contributed by atoms with Crippen molar-refractivity contribution in [2.45, 2.75) is 82.5 Å². The van der Waals surface area contributed by atoms with Gasteiger partial charge in [0.05, 0.1) is 68.9 Å². The predicted octanol–water partition coefficient (Wildman–Crippen LogP) is 5.07. The Hall–Kier alpha value is -5.98. The van der Waals surface area contributed by atoms with Crippen molar-refractivity contribution in [3.63, 3.8) is 0 Å². The standard InChI is InChI=1S/C43H55N9O9/c1-24(58-4)36(48-42(55)60-6)40(53)51-16-8-10-32(51)38-44-22-30(46-38)26-12-14-28-29-15-13-27(21-35(29)50(18-19-57-3)34(28)20-26)31-23-45-39(47-31)33-11-9-17-52(33)41(54)37(25(2)59-5)49-43(56)61-7/h12-15,20-25,32-33,36-37H,8-11,16-19H2,1-7H3,(H,44,46)(H,45,47)(H,48,55)(H,49,56)/t24-,25-,32+,33+,36+,37+/m1/s1. The number of likely N-dealkylation sites (tertiary alicyclic amines) is 2. The van der Waals surface area contributed by atoms with Gasteiger partial charge in [0.15, 0.2) is 0 Å². The van der Waals surface area contributed by atoms with E-state index in [0.717, 1.165) is 70.0 Å². The number of ether oxygens (including phenoxy) is 5. The molecule has 2 saturated heterocycles. The lowest BCUT2D eigenvalue weighted by Gasteiger charge is -2.30. The molecule has 326 valence electrons. The van der Waals surface area contributed by atoms with E-state index in [1.54, 1.807) is 43.2 Å². The Morgan fingerprint density at radius 3 is 1.54 bits per heavy atom. The number of rotatable bonds is 15. The number of nitrogens with one attached hydrogen (secondary N) is 4. The van der Waals surface area contributed by atoms with Crippen LogP contribution >= 0.6 is 0 Å². The third-order valence-electron chi connectivity index (χ3n) is 12.0. The van der Waals surface area contributed by atoms with Crippen molar-refractivity contribution in [2.24, 2.45) is 0 Å². The van der Waals surface area contributed by atoms with Crippen molar-refractivity contribution in [2.75, 3.05) is 55.2 Å². The number of imidazole rings is 2. The molecule has 5 aromatic rings. The number of carbonyl (C=O) groups excluding carboxylic acids is 4. The van der Waals surface area contributed by atoms with Crippen LogP contribution in [-0.2, 0) is 39.8 Å². The highest BCUT2D eigenvalue weighted by Crippen LogP contribution is 2.37. The first-order chi connectivity index (χ1) is 29.5. The summed E-state index contributed by atoms with van der Waals surface area (Å²) in [6, 6.07) is 10.2. The zero-order chi connectivity index (χ0) is 43.4. The molecule has 2 aliphatic heterocycles. The molecule has 2 fully saturated rings. The van der Waals surface area contributed by atoms with Gasteiger partial charge in [0.25, 0.3) is 0 Å². The van der Waals surface area contributed by atoms with Gasteiger partial charge in [-0.1, -0.05) is 24.3 Å². The minimum Gasteiger partial charge on any atom is -0.453 e. The summed E-state index contributed by atoms with van der Waals surface area (Å²) in [7, 11) is 7.19. The first-order valence-electron chi connectivity index (χ1n) is 20.5. The maximum atomic E-state index is 13.8. The normalized spacial score (nSPS) is 18.6. The van der Waals surface area contributed by atoms with Gasteiger partial charge in [-0.05, 0) is 51.7 Å². The van der Waals surface area contributed by atoms with Crippen LogP contribution in [0.2, 0.25) is 0 Å². The van der Waals surface area contributed by atoms with Crippen molar-refractivity contribution < 1.29 is 42.9 Å². The summed E-state index contributed by atoms with van der Waals surface area (Å²) in [5, 5.41) is 7.43. The number of hydrogen-bond acceptors (Lipinski definition) is 11. The quantitative estimate of drug-likeness (QED) is 0.110. The maximum absolute atomic E-state index is 13.8. The summed E-state index contributed by atoms with van der Waals surface area (Å²) < 4.78 is 28.2. The molecular weight excluding hydrogens is 787 g/mol. The Kier molecular flexibility index (Phi) is 13.2. The summed E-state index contributed by atoms with van der Waals surface area (Å²) in [5.41, 5.74) is 5.52. The molecule has 0 aliphatic carbocycles. The van der Waals surface area contributed by atoms with Crippen LogP contribution in [0.4, 0.5) is 9.59 Å². The largest absolute Gasteiger partial charge is 0.453 e. The molecule has 2 aromatic carbocycles. The second kappa shape index (κ2) is 18.7. The van der Waals surface area contributed by atoms with Crippen LogP contribution in [0.15, 0.2) is 48.8 Å². The average Bonchev–Trinajstić information content (AvgIpc) is 4.14. The summed E-state index contributed by atoms with van der Waals surface area (Å²) in [5.74, 6) is 0.806. The Bertz CT molecular complexity index is 2220. The van der Waals surface area contributed by atoms with Gasteiger partial charge in [-0.15, -0.1) is 0 Å². The van der Waals surface area contributed by atoms with Crippen LogP contribution in [0.3, 0.4) is 0 Å². The lowest BCUT2D eigenvalue weighted by atomic mass is 10.1. The van der Waals surface area contributed by atoms with E-state index < -0.39 is 36.5 Å². The van der Waals surface area contributed by atoms with E-state index >= 15 is 0 Å². The number of aromatic amines is 2. The molecule has 18 nitrogen and oxygen atoms in total. The number of H-pyrrole nitrogens is 2. The molecule has 61 heavy (non-hydrogen) atoms. The van der Waals surface area contributed by atoms with Crippen LogP contribution in [0.25, 0.3) is 44.3 Å². The molecule has 4 N–H and O–H groups in total. The van der Waals surface area contributed by atoms with Gasteiger partial charge in [0.1, 0.15) is 23.7 Å². The fourth-order valence-electron chi connectivity index (χ4n) is 8.55. The van der Waals surface area contributed by atoms with E-state index in [9.17, 15) is 19.2 Å². The van der Waals surface area contributed by atoms with Crippen molar-refractivity contribution in [3.05, 3.63) is 60.4 Å². The first-order valence-corrected chi connectivity index (χ1v) is 20.5. The number of amides is 4. The fraction of sp³-hybridized carbons (Fsp3) is 0.488. The number of fused-ring (bicyclic) bond motifs is 3. The molecule has 7 rings (SSSR count). The molecule has 5 heterocycles. The van der Waals surface area contributed by atoms with Crippen LogP contribution in [-0.4, -0.2) is 138 Å². The van der Waals surface area contributed by atoms with E-state index in [1.165, 1.54) is 28.4 Å². The number of alkyl carbamates (subject to hydrolysis) is 2. The second-order valence-electron chi connectivity index (χ2n) is 15.5. The molecule has 0 spiro atoms. The van der Waals surface area contributed by atoms with E-state index in [-0.39, 0.29) is 23.9 Å². The Labute approximate surface area is 353 Å². The van der Waals surface area contributed by atoms with Crippen LogP contribution in [0.5, 0.6) is 0 Å². The molecule has 0 bridgehead atoms. The molecular formula is C43H55N9O9. The number of methoxy groups -OCH3 is 5. The molecule has 0 unspecified atom stereocenters. The summed E-state index contributed by atoms with van der Waals surface area (Å²) in [6.45, 7) is 5.60. The number of nitrogens with zero attached hydrogens (tertiary/aromatic N) is 5. The van der Waals surface area contributed by atoms with E-state index in [1.807, 2.05) is 0 Å². The highest BCUT2D eigenvalue weighted by Gasteiger charge is 2.40. The minimum atomic E-state index is -0.922. The lowest BCUT2D eigenvalue weighted by Crippen LogP contribution is -2.54. The van der Waals surface area contributed by atoms with Gasteiger partial charge < -0.3 is 58.7 Å². The summed E-state index contributed by atoms with van der Waals surface area (Å²) in [6.07, 6.45) is 4.04. The molecule has 18 heteroatoms. The molecule has 3 aromatic heterocycles. The zero-order valence-corrected chi connectivity index (χ0v) is 35.7. The number of carbonyl (C=O) groups is 4. The van der Waals surface area contributed by atoms with Gasteiger partial charge in [0.2, 0.25) is 11.8 Å². The molecule has 0 saturated carbocycles. The fourth-order valence-corrected chi connectivity index (χ4v) is 8.55. The highest BCUT2D eigenvalue weighted by atomic mass is 16.5. The first kappa shape index (κ1) is 43.1. The van der Waals surface area contributed by atoms with Gasteiger partial charge in [-0.2, -0.15) is 0 Å². The van der Waals surface area contributed by atoms with Crippen LogP contribution < -0.4 is 10.6 Å². The monoisotopic (exact) mass is 841 g/mol. The molecule has 2 aliphatic rings. The molecule has 4 amide bonds. The topological polar surface area (TPSA) is 207 Å². The number of aromatic nitrogens is 5. The van der Waals surface area contributed by atoms with Gasteiger partial charge in [0, 0.05) is 73.9 Å². The third kappa shape index (κ3) is 8.65.